The fraction of sp³-hybridized carbons (Fsp3) is 0.400. The molecule has 168 valence electrons. The van der Waals surface area contributed by atoms with Gasteiger partial charge in [-0.3, -0.25) is 9.69 Å². The van der Waals surface area contributed by atoms with Gasteiger partial charge in [0.1, 0.15) is 17.4 Å². The van der Waals surface area contributed by atoms with Crippen molar-refractivity contribution in [2.75, 3.05) is 19.0 Å². The van der Waals surface area contributed by atoms with Crippen LogP contribution in [0.2, 0.25) is 0 Å². The first-order chi connectivity index (χ1) is 14.7. The Balaban J connectivity index is 2.03. The summed E-state index contributed by atoms with van der Waals surface area (Å²) in [6.45, 7) is 9.76. The minimum Gasteiger partial charge on any atom is -0.496 e. The van der Waals surface area contributed by atoms with E-state index in [2.05, 4.69) is 37.9 Å². The van der Waals surface area contributed by atoms with Gasteiger partial charge in [0, 0.05) is 35.5 Å². The lowest BCUT2D eigenvalue weighted by atomic mass is 10.1. The minimum atomic E-state index is -0.715. The molecule has 2 aromatic carbocycles. The summed E-state index contributed by atoms with van der Waals surface area (Å²) in [5.41, 5.74) is 1.79. The number of carbonyl (C=O) groups excluding carboxylic acids is 1. The normalized spacial score (nSPS) is 11.7. The fourth-order valence-electron chi connectivity index (χ4n) is 3.60. The van der Waals surface area contributed by atoms with E-state index < -0.39 is 17.5 Å². The van der Waals surface area contributed by atoms with Gasteiger partial charge in [-0.1, -0.05) is 0 Å². The Hall–Kier alpha value is -2.73. The van der Waals surface area contributed by atoms with Crippen molar-refractivity contribution in [2.45, 2.75) is 52.6 Å². The van der Waals surface area contributed by atoms with Gasteiger partial charge >= 0.3 is 0 Å². The lowest BCUT2D eigenvalue weighted by Gasteiger charge is -2.30. The number of rotatable bonds is 10. The number of amides is 1. The zero-order chi connectivity index (χ0) is 23.0. The van der Waals surface area contributed by atoms with Crippen molar-refractivity contribution in [3.63, 3.8) is 0 Å². The van der Waals surface area contributed by atoms with Crippen molar-refractivity contribution in [1.82, 2.24) is 4.90 Å². The first-order valence-corrected chi connectivity index (χ1v) is 10.6. The molecule has 0 aliphatic heterocycles. The van der Waals surface area contributed by atoms with E-state index in [9.17, 15) is 13.6 Å². The van der Waals surface area contributed by atoms with Crippen molar-refractivity contribution in [2.24, 2.45) is 0 Å². The van der Waals surface area contributed by atoms with E-state index in [4.69, 9.17) is 4.74 Å². The highest BCUT2D eigenvalue weighted by molar-refractivity contribution is 6.02. The third-order valence-electron chi connectivity index (χ3n) is 5.11. The molecule has 0 saturated heterocycles. The van der Waals surface area contributed by atoms with Gasteiger partial charge < -0.3 is 10.1 Å². The second-order valence-corrected chi connectivity index (χ2v) is 8.04. The Labute approximate surface area is 183 Å². The van der Waals surface area contributed by atoms with Gasteiger partial charge in [-0.05, 0) is 89.1 Å². The van der Waals surface area contributed by atoms with Crippen LogP contribution in [0.1, 0.15) is 45.2 Å². The molecular weight excluding hydrogens is 398 g/mol. The molecule has 0 atom stereocenters. The number of ether oxygens (including phenoxy) is 1. The lowest BCUT2D eigenvalue weighted by Crippen LogP contribution is -2.37. The SMILES string of the molecule is COc1ccc(NC(=O)C=Cc2ccc(F)cc2F)cc1CCCN(C(C)C)C(C)C. The second kappa shape index (κ2) is 11.6. The molecule has 4 nitrogen and oxygen atoms in total. The summed E-state index contributed by atoms with van der Waals surface area (Å²) in [6, 6.07) is 9.67. The zero-order valence-corrected chi connectivity index (χ0v) is 18.9. The molecule has 6 heteroatoms. The molecule has 0 saturated carbocycles. The predicted molar refractivity (Wildman–Crippen MR) is 122 cm³/mol. The van der Waals surface area contributed by atoms with Crippen LogP contribution in [-0.4, -0.2) is 36.5 Å². The molecule has 0 aliphatic rings. The Bertz CT molecular complexity index is 902. The fourth-order valence-corrected chi connectivity index (χ4v) is 3.60. The number of nitrogens with one attached hydrogen (secondary N) is 1. The minimum absolute atomic E-state index is 0.145. The average molecular weight is 431 g/mol. The molecular formula is C25H32F2N2O2. The molecule has 0 bridgehead atoms. The molecule has 0 spiro atoms. The van der Waals surface area contributed by atoms with Gasteiger partial charge in [0.25, 0.3) is 0 Å². The highest BCUT2D eigenvalue weighted by Gasteiger charge is 2.13. The number of aryl methyl sites for hydroxylation is 1. The van der Waals surface area contributed by atoms with Crippen LogP contribution in [-0.2, 0) is 11.2 Å². The third kappa shape index (κ3) is 7.47. The summed E-state index contributed by atoms with van der Waals surface area (Å²) in [7, 11) is 1.63. The zero-order valence-electron chi connectivity index (χ0n) is 18.9. The first-order valence-electron chi connectivity index (χ1n) is 10.6. The van der Waals surface area contributed by atoms with E-state index in [1.807, 2.05) is 12.1 Å². The molecule has 31 heavy (non-hydrogen) atoms. The van der Waals surface area contributed by atoms with E-state index in [0.717, 1.165) is 42.8 Å². The number of hydrogen-bond acceptors (Lipinski definition) is 3. The van der Waals surface area contributed by atoms with E-state index in [-0.39, 0.29) is 5.56 Å². The monoisotopic (exact) mass is 430 g/mol. The van der Waals surface area contributed by atoms with Crippen molar-refractivity contribution in [3.8, 4) is 5.75 Å². The standard InChI is InChI=1S/C25H32F2N2O2/c1-17(2)29(18(3)4)14-6-7-20-15-22(11-12-24(20)31-5)28-25(30)13-9-19-8-10-21(26)16-23(19)27/h8-13,15-18H,6-7,14H2,1-5H3,(H,28,30). The summed E-state index contributed by atoms with van der Waals surface area (Å²) in [4.78, 5) is 14.7. The maximum absolute atomic E-state index is 13.7. The predicted octanol–water partition coefficient (Wildman–Crippen LogP) is 5.68. The molecule has 1 N–H and O–H groups in total. The largest absolute Gasteiger partial charge is 0.496 e. The van der Waals surface area contributed by atoms with Crippen LogP contribution < -0.4 is 10.1 Å². The smallest absolute Gasteiger partial charge is 0.248 e. The van der Waals surface area contributed by atoms with Crippen molar-refractivity contribution < 1.29 is 18.3 Å². The Morgan fingerprint density at radius 3 is 2.42 bits per heavy atom. The average Bonchev–Trinajstić information content (AvgIpc) is 2.70. The quantitative estimate of drug-likeness (QED) is 0.493. The number of benzene rings is 2. The topological polar surface area (TPSA) is 41.6 Å². The number of halogens is 2. The number of carbonyl (C=O) groups is 1. The van der Waals surface area contributed by atoms with Crippen molar-refractivity contribution in [1.29, 1.82) is 0 Å². The van der Waals surface area contributed by atoms with Gasteiger partial charge in [-0.2, -0.15) is 0 Å². The Kier molecular flexibility index (Phi) is 9.19. The number of hydrogen-bond donors (Lipinski definition) is 1. The molecule has 0 aliphatic carbocycles. The number of nitrogens with zero attached hydrogens (tertiary/aromatic N) is 1. The van der Waals surface area contributed by atoms with Crippen LogP contribution >= 0.6 is 0 Å². The summed E-state index contributed by atoms with van der Waals surface area (Å²) in [5, 5.41) is 2.78. The molecule has 0 fully saturated rings. The summed E-state index contributed by atoms with van der Waals surface area (Å²) < 4.78 is 32.2. The van der Waals surface area contributed by atoms with Gasteiger partial charge in [-0.25, -0.2) is 8.78 Å². The highest BCUT2D eigenvalue weighted by atomic mass is 19.1. The maximum Gasteiger partial charge on any atom is 0.248 e. The summed E-state index contributed by atoms with van der Waals surface area (Å²) >= 11 is 0. The number of anilines is 1. The molecule has 0 unspecified atom stereocenters. The molecule has 2 aromatic rings. The van der Waals surface area contributed by atoms with E-state index >= 15 is 0 Å². The molecule has 0 radical (unpaired) electrons. The van der Waals surface area contributed by atoms with Crippen LogP contribution in [0.5, 0.6) is 5.75 Å². The van der Waals surface area contributed by atoms with Crippen LogP contribution in [0, 0.1) is 11.6 Å². The van der Waals surface area contributed by atoms with Gasteiger partial charge in [-0.15, -0.1) is 0 Å². The molecule has 0 aromatic heterocycles. The Morgan fingerprint density at radius 2 is 1.81 bits per heavy atom. The summed E-state index contributed by atoms with van der Waals surface area (Å²) in [5.74, 6) is -0.990. The van der Waals surface area contributed by atoms with Crippen molar-refractivity contribution >= 4 is 17.7 Å². The molecule has 1 amide bonds. The molecule has 0 heterocycles. The maximum atomic E-state index is 13.7. The van der Waals surface area contributed by atoms with E-state index in [1.165, 1.54) is 18.2 Å². The van der Waals surface area contributed by atoms with Gasteiger partial charge in [0.05, 0.1) is 7.11 Å². The van der Waals surface area contributed by atoms with Crippen molar-refractivity contribution in [3.05, 3.63) is 65.2 Å². The Morgan fingerprint density at radius 1 is 1.10 bits per heavy atom. The first kappa shape index (κ1) is 24.5. The van der Waals surface area contributed by atoms with Crippen LogP contribution in [0.15, 0.2) is 42.5 Å². The van der Waals surface area contributed by atoms with Gasteiger partial charge in [0.15, 0.2) is 0 Å². The van der Waals surface area contributed by atoms with E-state index in [0.29, 0.717) is 17.8 Å². The third-order valence-corrected chi connectivity index (χ3v) is 5.11. The lowest BCUT2D eigenvalue weighted by molar-refractivity contribution is -0.111. The second-order valence-electron chi connectivity index (χ2n) is 8.04. The number of methoxy groups -OCH3 is 1. The summed E-state index contributed by atoms with van der Waals surface area (Å²) in [6.07, 6.45) is 4.33. The highest BCUT2D eigenvalue weighted by Crippen LogP contribution is 2.24. The molecule has 2 rings (SSSR count). The van der Waals surface area contributed by atoms with Gasteiger partial charge in [0.2, 0.25) is 5.91 Å². The van der Waals surface area contributed by atoms with Crippen LogP contribution in [0.3, 0.4) is 0 Å². The van der Waals surface area contributed by atoms with Crippen LogP contribution in [0.4, 0.5) is 14.5 Å². The van der Waals surface area contributed by atoms with E-state index in [1.54, 1.807) is 13.2 Å². The van der Waals surface area contributed by atoms with Crippen LogP contribution in [0.25, 0.3) is 6.08 Å².